The van der Waals surface area contributed by atoms with Crippen molar-refractivity contribution in [2.24, 2.45) is 0 Å². The minimum atomic E-state index is -0.922. The highest BCUT2D eigenvalue weighted by molar-refractivity contribution is 5.80. The second-order valence-corrected chi connectivity index (χ2v) is 4.79. The number of hydrogen-bond donors (Lipinski definition) is 1. The number of benzene rings is 1. The van der Waals surface area contributed by atoms with Gasteiger partial charge in [0.15, 0.2) is 0 Å². The number of anilines is 1. The van der Waals surface area contributed by atoms with Crippen molar-refractivity contribution in [2.45, 2.75) is 32.2 Å². The topological polar surface area (TPSA) is 83.7 Å². The highest BCUT2D eigenvalue weighted by Crippen LogP contribution is 2.33. The van der Waals surface area contributed by atoms with Gasteiger partial charge >= 0.3 is 5.97 Å². The van der Waals surface area contributed by atoms with Crippen LogP contribution in [0, 0.1) is 17.0 Å². The molecule has 1 atom stereocenters. The number of nitro benzene ring substituents is 1. The lowest BCUT2D eigenvalue weighted by Crippen LogP contribution is -2.45. The van der Waals surface area contributed by atoms with E-state index in [9.17, 15) is 20.0 Å². The molecule has 0 radical (unpaired) electrons. The van der Waals surface area contributed by atoms with Crippen LogP contribution in [0.3, 0.4) is 0 Å². The summed E-state index contributed by atoms with van der Waals surface area (Å²) in [4.78, 5) is 23.6. The van der Waals surface area contributed by atoms with Crippen LogP contribution in [0.2, 0.25) is 0 Å². The first-order valence-electron chi connectivity index (χ1n) is 6.25. The first-order valence-corrected chi connectivity index (χ1v) is 6.25. The van der Waals surface area contributed by atoms with Crippen LogP contribution in [0.15, 0.2) is 18.2 Å². The van der Waals surface area contributed by atoms with Gasteiger partial charge in [-0.05, 0) is 37.8 Å². The summed E-state index contributed by atoms with van der Waals surface area (Å²) in [5, 5.41) is 20.4. The van der Waals surface area contributed by atoms with Gasteiger partial charge in [-0.3, -0.25) is 10.1 Å². The highest BCUT2D eigenvalue weighted by Gasteiger charge is 2.32. The molecule has 0 amide bonds. The van der Waals surface area contributed by atoms with Crippen LogP contribution in [0.5, 0.6) is 0 Å². The number of hydrogen-bond acceptors (Lipinski definition) is 4. The third kappa shape index (κ3) is 2.67. The predicted octanol–water partition coefficient (Wildman–Crippen LogP) is 2.35. The number of aliphatic carboxylic acids is 1. The van der Waals surface area contributed by atoms with E-state index in [2.05, 4.69) is 0 Å². The molecule has 1 saturated heterocycles. The van der Waals surface area contributed by atoms with Gasteiger partial charge in [-0.2, -0.15) is 0 Å². The molecule has 0 aromatic heterocycles. The summed E-state index contributed by atoms with van der Waals surface area (Å²) in [6.07, 6.45) is 2.22. The van der Waals surface area contributed by atoms with Gasteiger partial charge in [-0.25, -0.2) is 4.79 Å². The fourth-order valence-electron chi connectivity index (χ4n) is 2.50. The SMILES string of the molecule is Cc1ccc(N2CCCCC2C(=O)O)c([N+](=O)[O-])c1. The summed E-state index contributed by atoms with van der Waals surface area (Å²) in [5.74, 6) is -0.922. The molecule has 1 aliphatic heterocycles. The van der Waals surface area contributed by atoms with E-state index in [1.807, 2.05) is 0 Å². The van der Waals surface area contributed by atoms with Crippen LogP contribution in [0.4, 0.5) is 11.4 Å². The van der Waals surface area contributed by atoms with Gasteiger partial charge in [0.1, 0.15) is 11.7 Å². The average molecular weight is 264 g/mol. The van der Waals surface area contributed by atoms with E-state index in [1.54, 1.807) is 24.0 Å². The first-order chi connectivity index (χ1) is 9.00. The smallest absolute Gasteiger partial charge is 0.326 e. The maximum absolute atomic E-state index is 11.3. The molecule has 1 aromatic rings. The van der Waals surface area contributed by atoms with E-state index in [0.29, 0.717) is 18.7 Å². The van der Waals surface area contributed by atoms with E-state index < -0.39 is 16.9 Å². The van der Waals surface area contributed by atoms with E-state index in [0.717, 1.165) is 18.4 Å². The summed E-state index contributed by atoms with van der Waals surface area (Å²) in [5.41, 5.74) is 1.18. The summed E-state index contributed by atoms with van der Waals surface area (Å²) >= 11 is 0. The van der Waals surface area contributed by atoms with Gasteiger partial charge in [0, 0.05) is 12.6 Å². The zero-order valence-electron chi connectivity index (χ0n) is 10.7. The molecule has 0 spiro atoms. The fourth-order valence-corrected chi connectivity index (χ4v) is 2.50. The van der Waals surface area contributed by atoms with Gasteiger partial charge in [0.2, 0.25) is 0 Å². The third-order valence-corrected chi connectivity index (χ3v) is 3.42. The Morgan fingerprint density at radius 3 is 2.84 bits per heavy atom. The lowest BCUT2D eigenvalue weighted by atomic mass is 10.0. The average Bonchev–Trinajstić information content (AvgIpc) is 2.38. The molecule has 6 heteroatoms. The number of rotatable bonds is 3. The Morgan fingerprint density at radius 1 is 1.47 bits per heavy atom. The highest BCUT2D eigenvalue weighted by atomic mass is 16.6. The Bertz CT molecular complexity index is 515. The molecule has 1 N–H and O–H groups in total. The third-order valence-electron chi connectivity index (χ3n) is 3.42. The van der Waals surface area contributed by atoms with Crippen LogP contribution in [-0.2, 0) is 4.79 Å². The van der Waals surface area contributed by atoms with E-state index in [4.69, 9.17) is 0 Å². The normalized spacial score (nSPS) is 19.2. The van der Waals surface area contributed by atoms with Crippen molar-refractivity contribution in [3.8, 4) is 0 Å². The zero-order chi connectivity index (χ0) is 14.0. The van der Waals surface area contributed by atoms with Crippen LogP contribution in [0.1, 0.15) is 24.8 Å². The van der Waals surface area contributed by atoms with Crippen molar-refractivity contribution in [3.63, 3.8) is 0 Å². The molecule has 1 aromatic carbocycles. The Morgan fingerprint density at radius 2 is 2.21 bits per heavy atom. The lowest BCUT2D eigenvalue weighted by Gasteiger charge is -2.34. The largest absolute Gasteiger partial charge is 0.480 e. The molecular formula is C13H16N2O4. The Hall–Kier alpha value is -2.11. The molecule has 0 aliphatic carbocycles. The number of carboxylic acids is 1. The second kappa shape index (κ2) is 5.26. The quantitative estimate of drug-likeness (QED) is 0.669. The lowest BCUT2D eigenvalue weighted by molar-refractivity contribution is -0.384. The first kappa shape index (κ1) is 13.3. The fraction of sp³-hybridized carbons (Fsp3) is 0.462. The molecular weight excluding hydrogens is 248 g/mol. The van der Waals surface area contributed by atoms with Crippen molar-refractivity contribution in [3.05, 3.63) is 33.9 Å². The van der Waals surface area contributed by atoms with Crippen LogP contribution in [0.25, 0.3) is 0 Å². The number of carbonyl (C=O) groups is 1. The van der Waals surface area contributed by atoms with Gasteiger partial charge < -0.3 is 10.0 Å². The van der Waals surface area contributed by atoms with E-state index in [-0.39, 0.29) is 5.69 Å². The van der Waals surface area contributed by atoms with Crippen molar-refractivity contribution in [2.75, 3.05) is 11.4 Å². The Balaban J connectivity index is 2.44. The number of nitro groups is 1. The number of carboxylic acid groups (broad SMARTS) is 1. The number of nitrogens with zero attached hydrogens (tertiary/aromatic N) is 2. The van der Waals surface area contributed by atoms with Gasteiger partial charge in [-0.15, -0.1) is 0 Å². The van der Waals surface area contributed by atoms with Gasteiger partial charge in [0.05, 0.1) is 4.92 Å². The van der Waals surface area contributed by atoms with Crippen molar-refractivity contribution < 1.29 is 14.8 Å². The molecule has 19 heavy (non-hydrogen) atoms. The van der Waals surface area contributed by atoms with Gasteiger partial charge in [0.25, 0.3) is 5.69 Å². The second-order valence-electron chi connectivity index (χ2n) is 4.79. The van der Waals surface area contributed by atoms with Crippen molar-refractivity contribution in [1.82, 2.24) is 0 Å². The minimum absolute atomic E-state index is 0.0202. The van der Waals surface area contributed by atoms with Crippen molar-refractivity contribution >= 4 is 17.3 Å². The molecule has 102 valence electrons. The van der Waals surface area contributed by atoms with Gasteiger partial charge in [-0.1, -0.05) is 6.07 Å². The molecule has 0 bridgehead atoms. The molecule has 1 aliphatic rings. The van der Waals surface area contributed by atoms with Crippen molar-refractivity contribution in [1.29, 1.82) is 0 Å². The zero-order valence-corrected chi connectivity index (χ0v) is 10.7. The summed E-state index contributed by atoms with van der Waals surface area (Å²) in [6, 6.07) is 4.24. The summed E-state index contributed by atoms with van der Waals surface area (Å²) < 4.78 is 0. The molecule has 2 rings (SSSR count). The maximum atomic E-state index is 11.3. The maximum Gasteiger partial charge on any atom is 0.326 e. The number of piperidine rings is 1. The number of aryl methyl sites for hydroxylation is 1. The molecule has 1 fully saturated rings. The monoisotopic (exact) mass is 264 g/mol. The molecule has 0 saturated carbocycles. The summed E-state index contributed by atoms with van der Waals surface area (Å²) in [6.45, 7) is 2.32. The van der Waals surface area contributed by atoms with Crippen LogP contribution < -0.4 is 4.90 Å². The van der Waals surface area contributed by atoms with E-state index in [1.165, 1.54) is 6.07 Å². The molecule has 6 nitrogen and oxygen atoms in total. The standard InChI is InChI=1S/C13H16N2O4/c1-9-5-6-10(12(8-9)15(18)19)14-7-3-2-4-11(14)13(16)17/h5-6,8,11H,2-4,7H2,1H3,(H,16,17). The molecule has 1 heterocycles. The van der Waals surface area contributed by atoms with E-state index >= 15 is 0 Å². The van der Waals surface area contributed by atoms with Crippen LogP contribution in [-0.4, -0.2) is 28.6 Å². The van der Waals surface area contributed by atoms with Crippen LogP contribution >= 0.6 is 0 Å². The predicted molar refractivity (Wildman–Crippen MR) is 70.5 cm³/mol. The Labute approximate surface area is 110 Å². The Kier molecular flexibility index (Phi) is 3.69. The summed E-state index contributed by atoms with van der Waals surface area (Å²) in [7, 11) is 0. The molecule has 1 unspecified atom stereocenters. The minimum Gasteiger partial charge on any atom is -0.480 e.